The zero-order chi connectivity index (χ0) is 11.6. The van der Waals surface area contributed by atoms with Gasteiger partial charge in [-0.15, -0.1) is 12.4 Å². The molecule has 1 rings (SSSR count). The van der Waals surface area contributed by atoms with Gasteiger partial charge in [-0.2, -0.15) is 0 Å². The van der Waals surface area contributed by atoms with E-state index in [0.717, 1.165) is 12.0 Å². The first-order valence-corrected chi connectivity index (χ1v) is 5.21. The number of carbonyl (C=O) groups excluding carboxylic acids is 1. The summed E-state index contributed by atoms with van der Waals surface area (Å²) < 4.78 is 5.04. The van der Waals surface area contributed by atoms with E-state index in [1.807, 2.05) is 30.3 Å². The van der Waals surface area contributed by atoms with E-state index in [1.54, 1.807) is 0 Å². The number of terminal acetylenes is 1. The standard InChI is InChI=1S/C13H15NO2.ClH/c1-2-14-10-8-13(15)16-11-9-12-6-4-3-5-7-12;/h1,3-7,14H,8-11H2;1H. The zero-order valence-corrected chi connectivity index (χ0v) is 10.3. The second-order valence-corrected chi connectivity index (χ2v) is 3.28. The number of benzene rings is 1. The van der Waals surface area contributed by atoms with Crippen molar-refractivity contribution in [1.29, 1.82) is 0 Å². The first-order chi connectivity index (χ1) is 7.83. The van der Waals surface area contributed by atoms with E-state index in [2.05, 4.69) is 11.4 Å². The van der Waals surface area contributed by atoms with Crippen LogP contribution in [0.3, 0.4) is 0 Å². The molecule has 0 aromatic heterocycles. The SMILES string of the molecule is C#CNCCC(=O)OCCc1ccccc1.Cl. The number of ether oxygens (including phenoxy) is 1. The minimum absolute atomic E-state index is 0. The lowest BCUT2D eigenvalue weighted by molar-refractivity contribution is -0.143. The van der Waals surface area contributed by atoms with Crippen LogP contribution in [0.1, 0.15) is 12.0 Å². The van der Waals surface area contributed by atoms with E-state index in [9.17, 15) is 4.79 Å². The number of hydrogen-bond acceptors (Lipinski definition) is 3. The molecular weight excluding hydrogens is 238 g/mol. The van der Waals surface area contributed by atoms with Crippen LogP contribution in [-0.2, 0) is 16.0 Å². The van der Waals surface area contributed by atoms with Gasteiger partial charge in [0.05, 0.1) is 13.0 Å². The molecule has 0 aliphatic rings. The predicted octanol–water partition coefficient (Wildman–Crippen LogP) is 1.76. The molecule has 0 amide bonds. The summed E-state index contributed by atoms with van der Waals surface area (Å²) in [6, 6.07) is 12.2. The van der Waals surface area contributed by atoms with Gasteiger partial charge in [-0.3, -0.25) is 4.79 Å². The Balaban J connectivity index is 0.00000256. The molecule has 1 N–H and O–H groups in total. The van der Waals surface area contributed by atoms with Crippen molar-refractivity contribution < 1.29 is 9.53 Å². The van der Waals surface area contributed by atoms with Crippen molar-refractivity contribution in [2.45, 2.75) is 12.8 Å². The Morgan fingerprint density at radius 3 is 2.71 bits per heavy atom. The van der Waals surface area contributed by atoms with Crippen LogP contribution in [0, 0.1) is 12.5 Å². The zero-order valence-electron chi connectivity index (χ0n) is 9.52. The first-order valence-electron chi connectivity index (χ1n) is 5.21. The van der Waals surface area contributed by atoms with Crippen LogP contribution >= 0.6 is 12.4 Å². The fourth-order valence-corrected chi connectivity index (χ4v) is 1.24. The maximum atomic E-state index is 11.2. The summed E-state index contributed by atoms with van der Waals surface area (Å²) in [5, 5.41) is 2.61. The normalized spacial score (nSPS) is 8.65. The van der Waals surface area contributed by atoms with Crippen LogP contribution in [0.25, 0.3) is 0 Å². The Morgan fingerprint density at radius 2 is 2.06 bits per heavy atom. The Kier molecular flexibility index (Phi) is 8.62. The summed E-state index contributed by atoms with van der Waals surface area (Å²) in [7, 11) is 0. The van der Waals surface area contributed by atoms with Gasteiger partial charge >= 0.3 is 5.97 Å². The van der Waals surface area contributed by atoms with Gasteiger partial charge in [0, 0.05) is 19.0 Å². The van der Waals surface area contributed by atoms with E-state index < -0.39 is 0 Å². The average molecular weight is 254 g/mol. The predicted molar refractivity (Wildman–Crippen MR) is 69.8 cm³/mol. The fourth-order valence-electron chi connectivity index (χ4n) is 1.24. The molecule has 0 spiro atoms. The molecule has 0 atom stereocenters. The van der Waals surface area contributed by atoms with E-state index in [4.69, 9.17) is 11.2 Å². The average Bonchev–Trinajstić information content (AvgIpc) is 2.31. The minimum atomic E-state index is -0.223. The van der Waals surface area contributed by atoms with Gasteiger partial charge < -0.3 is 10.1 Å². The number of nitrogens with one attached hydrogen (secondary N) is 1. The van der Waals surface area contributed by atoms with Crippen LogP contribution in [0.5, 0.6) is 0 Å². The lowest BCUT2D eigenvalue weighted by Crippen LogP contribution is -2.15. The van der Waals surface area contributed by atoms with Crippen molar-refractivity contribution in [3.63, 3.8) is 0 Å². The van der Waals surface area contributed by atoms with E-state index in [0.29, 0.717) is 19.6 Å². The van der Waals surface area contributed by atoms with Gasteiger partial charge in [0.15, 0.2) is 0 Å². The van der Waals surface area contributed by atoms with Crippen molar-refractivity contribution in [2.75, 3.05) is 13.2 Å². The molecule has 1 aromatic rings. The van der Waals surface area contributed by atoms with Crippen molar-refractivity contribution in [2.24, 2.45) is 0 Å². The summed E-state index contributed by atoms with van der Waals surface area (Å²) in [6.07, 6.45) is 6.03. The molecular formula is C13H16ClNO2. The third kappa shape index (κ3) is 7.26. The lowest BCUT2D eigenvalue weighted by Gasteiger charge is -2.04. The van der Waals surface area contributed by atoms with Crippen LogP contribution in [0.2, 0.25) is 0 Å². The molecule has 3 nitrogen and oxygen atoms in total. The van der Waals surface area contributed by atoms with Crippen LogP contribution in [-0.4, -0.2) is 19.1 Å². The highest BCUT2D eigenvalue weighted by Crippen LogP contribution is 1.99. The van der Waals surface area contributed by atoms with Gasteiger partial charge in [-0.05, 0) is 5.56 Å². The van der Waals surface area contributed by atoms with Crippen molar-refractivity contribution in [3.8, 4) is 12.5 Å². The highest BCUT2D eigenvalue weighted by Gasteiger charge is 2.01. The Morgan fingerprint density at radius 1 is 1.35 bits per heavy atom. The molecule has 0 fully saturated rings. The molecule has 92 valence electrons. The Labute approximate surface area is 108 Å². The largest absolute Gasteiger partial charge is 0.465 e. The number of esters is 1. The Hall–Kier alpha value is -1.66. The second-order valence-electron chi connectivity index (χ2n) is 3.28. The van der Waals surface area contributed by atoms with E-state index in [1.165, 1.54) is 0 Å². The van der Waals surface area contributed by atoms with Crippen molar-refractivity contribution in [3.05, 3.63) is 35.9 Å². The molecule has 0 heterocycles. The van der Waals surface area contributed by atoms with E-state index >= 15 is 0 Å². The summed E-state index contributed by atoms with van der Waals surface area (Å²) >= 11 is 0. The summed E-state index contributed by atoms with van der Waals surface area (Å²) in [6.45, 7) is 0.875. The third-order valence-electron chi connectivity index (χ3n) is 2.05. The van der Waals surface area contributed by atoms with Gasteiger partial charge in [-0.25, -0.2) is 0 Å². The Bertz CT molecular complexity index is 359. The van der Waals surface area contributed by atoms with Crippen LogP contribution < -0.4 is 5.32 Å². The monoisotopic (exact) mass is 253 g/mol. The summed E-state index contributed by atoms with van der Waals surface area (Å²) in [5.41, 5.74) is 1.16. The summed E-state index contributed by atoms with van der Waals surface area (Å²) in [4.78, 5) is 11.2. The smallest absolute Gasteiger partial charge is 0.307 e. The van der Waals surface area contributed by atoms with Crippen molar-refractivity contribution >= 4 is 18.4 Å². The summed E-state index contributed by atoms with van der Waals surface area (Å²) in [5.74, 6) is -0.223. The quantitative estimate of drug-likeness (QED) is 0.363. The van der Waals surface area contributed by atoms with Gasteiger partial charge in [0.1, 0.15) is 0 Å². The van der Waals surface area contributed by atoms with Gasteiger partial charge in [-0.1, -0.05) is 36.8 Å². The molecule has 0 unspecified atom stereocenters. The topological polar surface area (TPSA) is 38.3 Å². The molecule has 0 bridgehead atoms. The van der Waals surface area contributed by atoms with Gasteiger partial charge in [0.2, 0.25) is 0 Å². The highest BCUT2D eigenvalue weighted by atomic mass is 35.5. The molecule has 4 heteroatoms. The fraction of sp³-hybridized carbons (Fsp3) is 0.308. The molecule has 17 heavy (non-hydrogen) atoms. The molecule has 0 aliphatic carbocycles. The number of hydrogen-bond donors (Lipinski definition) is 1. The maximum absolute atomic E-state index is 11.2. The van der Waals surface area contributed by atoms with Crippen LogP contribution in [0.4, 0.5) is 0 Å². The maximum Gasteiger partial charge on any atom is 0.307 e. The van der Waals surface area contributed by atoms with E-state index in [-0.39, 0.29) is 18.4 Å². The molecule has 0 aliphatic heterocycles. The molecule has 0 radical (unpaired) electrons. The number of rotatable bonds is 6. The van der Waals surface area contributed by atoms with Crippen molar-refractivity contribution in [1.82, 2.24) is 5.32 Å². The highest BCUT2D eigenvalue weighted by molar-refractivity contribution is 5.85. The van der Waals surface area contributed by atoms with Gasteiger partial charge in [0.25, 0.3) is 0 Å². The first kappa shape index (κ1) is 15.3. The molecule has 0 saturated heterocycles. The molecule has 1 aromatic carbocycles. The molecule has 0 saturated carbocycles. The lowest BCUT2D eigenvalue weighted by atomic mass is 10.2. The third-order valence-corrected chi connectivity index (χ3v) is 2.05. The minimum Gasteiger partial charge on any atom is -0.465 e. The number of halogens is 1. The van der Waals surface area contributed by atoms with Crippen LogP contribution in [0.15, 0.2) is 30.3 Å². The number of carbonyl (C=O) groups is 1. The second kappa shape index (κ2) is 9.56.